The highest BCUT2D eigenvalue weighted by molar-refractivity contribution is 5.77. The quantitative estimate of drug-likeness (QED) is 0.840. The van der Waals surface area contributed by atoms with Gasteiger partial charge in [-0.1, -0.05) is 0 Å². The number of hydrogen-bond acceptors (Lipinski definition) is 3. The third-order valence-corrected chi connectivity index (χ3v) is 2.76. The van der Waals surface area contributed by atoms with Gasteiger partial charge in [0.1, 0.15) is 5.41 Å². The van der Waals surface area contributed by atoms with Gasteiger partial charge in [0.2, 0.25) is 0 Å². The predicted octanol–water partition coefficient (Wildman–Crippen LogP) is 1.48. The van der Waals surface area contributed by atoms with Crippen LogP contribution in [0.4, 0.5) is 14.5 Å². The number of carboxylic acid groups (broad SMARTS) is 1. The highest BCUT2D eigenvalue weighted by Crippen LogP contribution is 2.28. The second-order valence-corrected chi connectivity index (χ2v) is 4.06. The molecule has 0 saturated carbocycles. The molecule has 0 atom stereocenters. The van der Waals surface area contributed by atoms with Crippen LogP contribution in [0.1, 0.15) is 0 Å². The lowest BCUT2D eigenvalue weighted by atomic mass is 9.86. The Hall–Kier alpha value is -1.69. The van der Waals surface area contributed by atoms with E-state index < -0.39 is 23.0 Å². The zero-order chi connectivity index (χ0) is 12.5. The molecule has 92 valence electrons. The van der Waals surface area contributed by atoms with Gasteiger partial charge in [-0.15, -0.1) is 0 Å². The Balaban J connectivity index is 2.02. The molecule has 17 heavy (non-hydrogen) atoms. The highest BCUT2D eigenvalue weighted by atomic mass is 19.2. The maximum atomic E-state index is 12.9. The Morgan fingerprint density at radius 1 is 1.41 bits per heavy atom. The molecule has 0 aromatic heterocycles. The zero-order valence-corrected chi connectivity index (χ0v) is 8.87. The molecule has 1 aliphatic heterocycles. The molecule has 6 heteroatoms. The largest absolute Gasteiger partial charge is 0.481 e. The van der Waals surface area contributed by atoms with E-state index in [1.54, 1.807) is 0 Å². The van der Waals surface area contributed by atoms with Crippen LogP contribution >= 0.6 is 0 Å². The zero-order valence-electron chi connectivity index (χ0n) is 8.87. The Morgan fingerprint density at radius 2 is 2.12 bits per heavy atom. The number of halogens is 2. The van der Waals surface area contributed by atoms with E-state index in [4.69, 9.17) is 9.84 Å². The van der Waals surface area contributed by atoms with Crippen LogP contribution in [-0.2, 0) is 9.53 Å². The number of nitrogens with one attached hydrogen (secondary N) is 1. The summed E-state index contributed by atoms with van der Waals surface area (Å²) in [6.07, 6.45) is 0. The number of rotatable bonds is 4. The van der Waals surface area contributed by atoms with Gasteiger partial charge in [-0.2, -0.15) is 0 Å². The smallest absolute Gasteiger partial charge is 0.316 e. The number of ether oxygens (including phenoxy) is 1. The van der Waals surface area contributed by atoms with E-state index >= 15 is 0 Å². The Morgan fingerprint density at radius 3 is 2.59 bits per heavy atom. The molecular weight excluding hydrogens is 232 g/mol. The molecule has 0 aliphatic carbocycles. The van der Waals surface area contributed by atoms with Crippen LogP contribution in [0.15, 0.2) is 18.2 Å². The first-order valence-electron chi connectivity index (χ1n) is 5.04. The van der Waals surface area contributed by atoms with Gasteiger partial charge in [-0.3, -0.25) is 4.79 Å². The fourth-order valence-electron chi connectivity index (χ4n) is 1.53. The van der Waals surface area contributed by atoms with Crippen molar-refractivity contribution in [2.24, 2.45) is 5.41 Å². The molecule has 0 unspecified atom stereocenters. The number of carbonyl (C=O) groups is 1. The molecule has 0 amide bonds. The third-order valence-electron chi connectivity index (χ3n) is 2.76. The summed E-state index contributed by atoms with van der Waals surface area (Å²) < 4.78 is 30.4. The van der Waals surface area contributed by atoms with Crippen molar-refractivity contribution in [3.8, 4) is 0 Å². The minimum absolute atomic E-state index is 0.118. The lowest BCUT2D eigenvalue weighted by Crippen LogP contribution is -2.53. The summed E-state index contributed by atoms with van der Waals surface area (Å²) in [6, 6.07) is 3.33. The maximum Gasteiger partial charge on any atom is 0.316 e. The lowest BCUT2D eigenvalue weighted by Gasteiger charge is -2.37. The Bertz CT molecular complexity index is 446. The van der Waals surface area contributed by atoms with Gasteiger partial charge in [0.05, 0.1) is 13.2 Å². The van der Waals surface area contributed by atoms with E-state index in [1.807, 2.05) is 0 Å². The van der Waals surface area contributed by atoms with Crippen LogP contribution in [0.3, 0.4) is 0 Å². The van der Waals surface area contributed by atoms with Crippen LogP contribution in [0.5, 0.6) is 0 Å². The second-order valence-electron chi connectivity index (χ2n) is 4.06. The summed E-state index contributed by atoms with van der Waals surface area (Å²) in [4.78, 5) is 11.0. The average Bonchev–Trinajstić information content (AvgIpc) is 2.21. The SMILES string of the molecule is O=C(O)C1(CNc2ccc(F)c(F)c2)COC1. The first-order chi connectivity index (χ1) is 8.03. The summed E-state index contributed by atoms with van der Waals surface area (Å²) in [5, 5.41) is 11.8. The maximum absolute atomic E-state index is 12.9. The fraction of sp³-hybridized carbons (Fsp3) is 0.364. The molecule has 1 heterocycles. The van der Waals surface area contributed by atoms with Crippen molar-refractivity contribution in [3.05, 3.63) is 29.8 Å². The standard InChI is InChI=1S/C11H11F2NO3/c12-8-2-1-7(3-9(8)13)14-4-11(10(15)16)5-17-6-11/h1-3,14H,4-6H2,(H,15,16). The molecule has 1 aromatic rings. The minimum Gasteiger partial charge on any atom is -0.481 e. The minimum atomic E-state index is -0.968. The van der Waals surface area contributed by atoms with Crippen LogP contribution in [0, 0.1) is 17.0 Å². The summed E-state index contributed by atoms with van der Waals surface area (Å²) in [5.74, 6) is -2.86. The molecule has 2 rings (SSSR count). The van der Waals surface area contributed by atoms with Crippen molar-refractivity contribution in [1.29, 1.82) is 0 Å². The molecule has 0 bridgehead atoms. The molecule has 1 aliphatic rings. The van der Waals surface area contributed by atoms with E-state index in [0.717, 1.165) is 12.1 Å². The van der Waals surface area contributed by atoms with Crippen molar-refractivity contribution in [1.82, 2.24) is 0 Å². The Labute approximate surface area is 96.2 Å². The average molecular weight is 243 g/mol. The van der Waals surface area contributed by atoms with Gasteiger partial charge in [-0.25, -0.2) is 8.78 Å². The van der Waals surface area contributed by atoms with Gasteiger partial charge < -0.3 is 15.2 Å². The van der Waals surface area contributed by atoms with Gasteiger partial charge in [-0.05, 0) is 18.2 Å². The van der Waals surface area contributed by atoms with E-state index in [0.29, 0.717) is 5.69 Å². The van der Waals surface area contributed by atoms with Crippen LogP contribution in [-0.4, -0.2) is 30.8 Å². The van der Waals surface area contributed by atoms with Gasteiger partial charge >= 0.3 is 5.97 Å². The summed E-state index contributed by atoms with van der Waals surface area (Å²) in [7, 11) is 0. The Kier molecular flexibility index (Phi) is 2.97. The van der Waals surface area contributed by atoms with Gasteiger partial charge in [0.25, 0.3) is 0 Å². The molecule has 1 saturated heterocycles. The molecular formula is C11H11F2NO3. The van der Waals surface area contributed by atoms with E-state index in [-0.39, 0.29) is 19.8 Å². The van der Waals surface area contributed by atoms with Crippen LogP contribution in [0.2, 0.25) is 0 Å². The number of anilines is 1. The van der Waals surface area contributed by atoms with E-state index in [2.05, 4.69) is 5.32 Å². The third kappa shape index (κ3) is 2.21. The predicted molar refractivity (Wildman–Crippen MR) is 55.7 cm³/mol. The second kappa shape index (κ2) is 4.29. The van der Waals surface area contributed by atoms with Crippen molar-refractivity contribution >= 4 is 11.7 Å². The van der Waals surface area contributed by atoms with Crippen molar-refractivity contribution in [2.45, 2.75) is 0 Å². The van der Waals surface area contributed by atoms with Crippen molar-refractivity contribution in [2.75, 3.05) is 25.1 Å². The van der Waals surface area contributed by atoms with Gasteiger partial charge in [0, 0.05) is 12.2 Å². The summed E-state index contributed by atoms with van der Waals surface area (Å²) in [5.41, 5.74) is -0.623. The summed E-state index contributed by atoms with van der Waals surface area (Å²) >= 11 is 0. The molecule has 0 radical (unpaired) electrons. The number of carboxylic acids is 1. The number of benzene rings is 1. The fourth-order valence-corrected chi connectivity index (χ4v) is 1.53. The lowest BCUT2D eigenvalue weighted by molar-refractivity contribution is -0.176. The molecule has 1 aromatic carbocycles. The van der Waals surface area contributed by atoms with Crippen molar-refractivity contribution in [3.63, 3.8) is 0 Å². The monoisotopic (exact) mass is 243 g/mol. The highest BCUT2D eigenvalue weighted by Gasteiger charge is 2.46. The molecule has 4 nitrogen and oxygen atoms in total. The number of aliphatic carboxylic acids is 1. The van der Waals surface area contributed by atoms with Crippen LogP contribution in [0.25, 0.3) is 0 Å². The molecule has 2 N–H and O–H groups in total. The molecule has 1 fully saturated rings. The first kappa shape index (κ1) is 11.8. The summed E-state index contributed by atoms with van der Waals surface area (Å²) in [6.45, 7) is 0.366. The number of hydrogen-bond donors (Lipinski definition) is 2. The van der Waals surface area contributed by atoms with E-state index in [1.165, 1.54) is 6.07 Å². The van der Waals surface area contributed by atoms with Crippen molar-refractivity contribution < 1.29 is 23.4 Å². The normalized spacial score (nSPS) is 17.3. The topological polar surface area (TPSA) is 58.6 Å². The van der Waals surface area contributed by atoms with E-state index in [9.17, 15) is 13.6 Å². The molecule has 0 spiro atoms. The van der Waals surface area contributed by atoms with Crippen LogP contribution < -0.4 is 5.32 Å². The van der Waals surface area contributed by atoms with Gasteiger partial charge in [0.15, 0.2) is 11.6 Å². The first-order valence-corrected chi connectivity index (χ1v) is 5.04.